The van der Waals surface area contributed by atoms with Crippen molar-refractivity contribution in [2.45, 2.75) is 0 Å². The van der Waals surface area contributed by atoms with Crippen molar-refractivity contribution in [3.63, 3.8) is 0 Å². The molecule has 0 unspecified atom stereocenters. The van der Waals surface area contributed by atoms with E-state index in [1.165, 1.54) is 0 Å². The van der Waals surface area contributed by atoms with Crippen molar-refractivity contribution in [1.82, 2.24) is 4.98 Å². The average Bonchev–Trinajstić information content (AvgIpc) is 2.77. The molecule has 0 N–H and O–H groups in total. The third-order valence-corrected chi connectivity index (χ3v) is 4.52. The molecule has 0 atom stereocenters. The first-order valence-corrected chi connectivity index (χ1v) is 9.20. The monoisotopic (exact) mass is 361 g/mol. The number of benzene rings is 3. The number of aromatic nitrogens is 1. The Hall–Kier alpha value is -3.78. The fourth-order valence-corrected chi connectivity index (χ4v) is 3.03. The van der Waals surface area contributed by atoms with Crippen LogP contribution in [0.2, 0.25) is 0 Å². The van der Waals surface area contributed by atoms with E-state index in [2.05, 4.69) is 17.1 Å². The van der Waals surface area contributed by atoms with E-state index in [-0.39, 0.29) is 5.78 Å². The highest BCUT2D eigenvalue weighted by Gasteiger charge is 2.01. The van der Waals surface area contributed by atoms with Gasteiger partial charge in [-0.25, -0.2) is 4.98 Å². The minimum Gasteiger partial charge on any atom is -0.289 e. The number of hydrogen-bond donors (Lipinski definition) is 0. The lowest BCUT2D eigenvalue weighted by molar-refractivity contribution is 0.104. The summed E-state index contributed by atoms with van der Waals surface area (Å²) in [5.41, 5.74) is 4.59. The van der Waals surface area contributed by atoms with Crippen LogP contribution in [0.25, 0.3) is 29.1 Å². The lowest BCUT2D eigenvalue weighted by Gasteiger charge is -2.02. The van der Waals surface area contributed by atoms with E-state index in [1.54, 1.807) is 6.08 Å². The van der Waals surface area contributed by atoms with Crippen LogP contribution in [0, 0.1) is 0 Å². The minimum absolute atomic E-state index is 0.00409. The van der Waals surface area contributed by atoms with Crippen LogP contribution in [-0.2, 0) is 0 Å². The van der Waals surface area contributed by atoms with E-state index < -0.39 is 0 Å². The first kappa shape index (κ1) is 17.6. The summed E-state index contributed by atoms with van der Waals surface area (Å²) in [6.45, 7) is 0. The molecule has 2 nitrogen and oxygen atoms in total. The number of para-hydroxylation sites is 1. The lowest BCUT2D eigenvalue weighted by atomic mass is 10.0. The molecule has 1 heterocycles. The number of hydrogen-bond acceptors (Lipinski definition) is 2. The van der Waals surface area contributed by atoms with Crippen molar-refractivity contribution in [3.8, 4) is 0 Å². The van der Waals surface area contributed by atoms with E-state index in [0.29, 0.717) is 5.56 Å². The molecule has 0 fully saturated rings. The van der Waals surface area contributed by atoms with Crippen molar-refractivity contribution in [2.75, 3.05) is 0 Å². The third kappa shape index (κ3) is 4.13. The number of fused-ring (bicyclic) bond motifs is 1. The second kappa shape index (κ2) is 8.28. The van der Waals surface area contributed by atoms with Gasteiger partial charge in [0, 0.05) is 10.9 Å². The quantitative estimate of drug-likeness (QED) is 0.308. The van der Waals surface area contributed by atoms with Crippen molar-refractivity contribution < 1.29 is 4.79 Å². The summed E-state index contributed by atoms with van der Waals surface area (Å²) >= 11 is 0. The second-order valence-corrected chi connectivity index (χ2v) is 6.45. The minimum atomic E-state index is -0.00409. The van der Waals surface area contributed by atoms with Gasteiger partial charge in [-0.15, -0.1) is 0 Å². The number of nitrogens with zero attached hydrogens (tertiary/aromatic N) is 1. The van der Waals surface area contributed by atoms with Gasteiger partial charge in [-0.3, -0.25) is 4.79 Å². The summed E-state index contributed by atoms with van der Waals surface area (Å²) in [5, 5.41) is 1.13. The van der Waals surface area contributed by atoms with Crippen LogP contribution in [0.3, 0.4) is 0 Å². The van der Waals surface area contributed by atoms with Crippen LogP contribution in [0.1, 0.15) is 27.2 Å². The van der Waals surface area contributed by atoms with Crippen LogP contribution in [0.15, 0.2) is 97.1 Å². The maximum atomic E-state index is 12.3. The fourth-order valence-electron chi connectivity index (χ4n) is 3.03. The molecule has 0 radical (unpaired) electrons. The Balaban J connectivity index is 1.57. The molecule has 28 heavy (non-hydrogen) atoms. The van der Waals surface area contributed by atoms with Gasteiger partial charge >= 0.3 is 0 Å². The standard InChI is InChI=1S/C26H19NO/c28-26(23-11-2-1-3-12-23)19-16-21-9-5-4-8-20(21)14-17-24-18-15-22-10-6-7-13-25(22)27-24/h1-19H/b17-14+,19-16+. The van der Waals surface area contributed by atoms with Gasteiger partial charge in [-0.2, -0.15) is 0 Å². The zero-order valence-corrected chi connectivity index (χ0v) is 15.3. The third-order valence-electron chi connectivity index (χ3n) is 4.52. The molecule has 4 rings (SSSR count). The molecular formula is C26H19NO. The molecule has 1 aromatic heterocycles. The van der Waals surface area contributed by atoms with Gasteiger partial charge in [0.05, 0.1) is 11.2 Å². The molecule has 0 saturated carbocycles. The fraction of sp³-hybridized carbons (Fsp3) is 0. The Labute approximate surface area is 164 Å². The summed E-state index contributed by atoms with van der Waals surface area (Å²) in [4.78, 5) is 17.0. The number of ketones is 1. The van der Waals surface area contributed by atoms with Crippen LogP contribution in [-0.4, -0.2) is 10.8 Å². The van der Waals surface area contributed by atoms with Crippen LogP contribution < -0.4 is 0 Å². The Morgan fingerprint density at radius 3 is 2.14 bits per heavy atom. The normalized spacial score (nSPS) is 11.4. The van der Waals surface area contributed by atoms with Gasteiger partial charge in [0.25, 0.3) is 0 Å². The van der Waals surface area contributed by atoms with Crippen LogP contribution in [0.4, 0.5) is 0 Å². The number of carbonyl (C=O) groups excluding carboxylic acids is 1. The molecule has 2 heteroatoms. The summed E-state index contributed by atoms with van der Waals surface area (Å²) in [5.74, 6) is -0.00409. The van der Waals surface area contributed by atoms with Gasteiger partial charge < -0.3 is 0 Å². The summed E-state index contributed by atoms with van der Waals surface area (Å²) in [6.07, 6.45) is 7.51. The molecule has 0 amide bonds. The average molecular weight is 361 g/mol. The molecule has 134 valence electrons. The highest BCUT2D eigenvalue weighted by atomic mass is 16.1. The largest absolute Gasteiger partial charge is 0.289 e. The maximum absolute atomic E-state index is 12.3. The molecule has 0 saturated heterocycles. The molecular weight excluding hydrogens is 342 g/mol. The predicted molar refractivity (Wildman–Crippen MR) is 117 cm³/mol. The second-order valence-electron chi connectivity index (χ2n) is 6.45. The number of pyridine rings is 1. The zero-order chi connectivity index (χ0) is 19.2. The zero-order valence-electron chi connectivity index (χ0n) is 15.3. The highest BCUT2D eigenvalue weighted by Crippen LogP contribution is 2.17. The number of allylic oxidation sites excluding steroid dienone is 1. The van der Waals surface area contributed by atoms with E-state index in [9.17, 15) is 4.79 Å². The van der Waals surface area contributed by atoms with Crippen molar-refractivity contribution >= 4 is 34.9 Å². The molecule has 0 bridgehead atoms. The summed E-state index contributed by atoms with van der Waals surface area (Å²) in [7, 11) is 0. The van der Waals surface area contributed by atoms with E-state index in [4.69, 9.17) is 0 Å². The van der Waals surface area contributed by atoms with E-state index in [1.807, 2.05) is 97.1 Å². The topological polar surface area (TPSA) is 30.0 Å². The Morgan fingerprint density at radius 2 is 1.32 bits per heavy atom. The van der Waals surface area contributed by atoms with Gasteiger partial charge in [0.2, 0.25) is 0 Å². The summed E-state index contributed by atoms with van der Waals surface area (Å²) in [6, 6.07) is 29.4. The Morgan fingerprint density at radius 1 is 0.643 bits per heavy atom. The SMILES string of the molecule is O=C(/C=C/c1ccccc1/C=C/c1ccc2ccccc2n1)c1ccccc1. The first-order chi connectivity index (χ1) is 13.8. The maximum Gasteiger partial charge on any atom is 0.185 e. The molecule has 0 aliphatic heterocycles. The van der Waals surface area contributed by atoms with Crippen molar-refractivity contribution in [2.24, 2.45) is 0 Å². The predicted octanol–water partition coefficient (Wildman–Crippen LogP) is 6.30. The van der Waals surface area contributed by atoms with Crippen molar-refractivity contribution in [3.05, 3.63) is 119 Å². The van der Waals surface area contributed by atoms with Gasteiger partial charge in [0.1, 0.15) is 0 Å². The van der Waals surface area contributed by atoms with Crippen LogP contribution in [0.5, 0.6) is 0 Å². The van der Waals surface area contributed by atoms with Crippen LogP contribution >= 0.6 is 0 Å². The molecule has 4 aromatic rings. The van der Waals surface area contributed by atoms with Gasteiger partial charge in [-0.05, 0) is 35.4 Å². The van der Waals surface area contributed by atoms with Crippen molar-refractivity contribution in [1.29, 1.82) is 0 Å². The molecule has 0 aliphatic rings. The lowest BCUT2D eigenvalue weighted by Crippen LogP contribution is -1.93. The highest BCUT2D eigenvalue weighted by molar-refractivity contribution is 6.07. The first-order valence-electron chi connectivity index (χ1n) is 9.20. The number of carbonyl (C=O) groups is 1. The molecule has 0 spiro atoms. The molecule has 3 aromatic carbocycles. The van der Waals surface area contributed by atoms with Gasteiger partial charge in [-0.1, -0.05) is 91.0 Å². The Bertz CT molecular complexity index is 1170. The summed E-state index contributed by atoms with van der Waals surface area (Å²) < 4.78 is 0. The van der Waals surface area contributed by atoms with E-state index in [0.717, 1.165) is 27.7 Å². The molecule has 0 aliphatic carbocycles. The number of rotatable bonds is 5. The smallest absolute Gasteiger partial charge is 0.185 e. The van der Waals surface area contributed by atoms with Gasteiger partial charge in [0.15, 0.2) is 5.78 Å². The Kier molecular flexibility index (Phi) is 5.21. The van der Waals surface area contributed by atoms with E-state index >= 15 is 0 Å².